The molecule has 0 N–H and O–H groups in total. The summed E-state index contributed by atoms with van der Waals surface area (Å²) in [7, 11) is 0. The molecule has 0 bridgehead atoms. The molecule has 2 aromatic heterocycles. The third kappa shape index (κ3) is 2.52. The van der Waals surface area contributed by atoms with E-state index in [1.807, 2.05) is 13.8 Å². The van der Waals surface area contributed by atoms with Crippen LogP contribution in [0.15, 0.2) is 21.7 Å². The number of hydrogen-bond acceptors (Lipinski definition) is 5. The van der Waals surface area contributed by atoms with Crippen LogP contribution in [0.25, 0.3) is 0 Å². The first-order chi connectivity index (χ1) is 8.08. The smallest absolute Gasteiger partial charge is 0.288 e. The van der Waals surface area contributed by atoms with E-state index in [9.17, 15) is 4.79 Å². The van der Waals surface area contributed by atoms with Gasteiger partial charge in [0.05, 0.1) is 6.54 Å². The molecule has 7 heteroatoms. The van der Waals surface area contributed by atoms with Gasteiger partial charge in [0.15, 0.2) is 11.0 Å². The third-order valence-electron chi connectivity index (χ3n) is 2.16. The van der Waals surface area contributed by atoms with Gasteiger partial charge in [-0.2, -0.15) is 4.98 Å². The molecule has 0 atom stereocenters. The minimum Gasteiger partial charge on any atom is -0.339 e. The lowest BCUT2D eigenvalue weighted by molar-refractivity contribution is 0.359. The molecule has 0 saturated carbocycles. The average Bonchev–Trinajstić information content (AvgIpc) is 2.73. The van der Waals surface area contributed by atoms with Gasteiger partial charge in [0, 0.05) is 18.3 Å². The van der Waals surface area contributed by atoms with E-state index in [0.29, 0.717) is 11.7 Å². The van der Waals surface area contributed by atoms with Crippen LogP contribution < -0.4 is 5.56 Å². The Morgan fingerprint density at radius 3 is 2.94 bits per heavy atom. The van der Waals surface area contributed by atoms with Gasteiger partial charge in [0.25, 0.3) is 5.56 Å². The van der Waals surface area contributed by atoms with Crippen LogP contribution in [-0.4, -0.2) is 19.7 Å². The zero-order valence-electron chi connectivity index (χ0n) is 9.42. The van der Waals surface area contributed by atoms with Crippen LogP contribution >= 0.6 is 11.6 Å². The van der Waals surface area contributed by atoms with E-state index in [2.05, 4.69) is 15.1 Å². The van der Waals surface area contributed by atoms with Gasteiger partial charge >= 0.3 is 0 Å². The van der Waals surface area contributed by atoms with Crippen LogP contribution in [0.3, 0.4) is 0 Å². The quantitative estimate of drug-likeness (QED) is 0.829. The van der Waals surface area contributed by atoms with Crippen LogP contribution in [-0.2, 0) is 6.54 Å². The maximum atomic E-state index is 11.6. The third-order valence-corrected chi connectivity index (χ3v) is 2.42. The number of hydrogen-bond donors (Lipinski definition) is 0. The zero-order valence-corrected chi connectivity index (χ0v) is 10.2. The Labute approximate surface area is 102 Å². The first-order valence-electron chi connectivity index (χ1n) is 5.11. The zero-order chi connectivity index (χ0) is 12.4. The van der Waals surface area contributed by atoms with Crippen molar-refractivity contribution in [3.05, 3.63) is 39.6 Å². The second kappa shape index (κ2) is 4.67. The molecule has 0 aromatic carbocycles. The molecule has 0 amide bonds. The van der Waals surface area contributed by atoms with E-state index < -0.39 is 0 Å². The Morgan fingerprint density at radius 2 is 2.29 bits per heavy atom. The van der Waals surface area contributed by atoms with Gasteiger partial charge in [-0.25, -0.2) is 4.98 Å². The van der Waals surface area contributed by atoms with Crippen molar-refractivity contribution >= 4 is 11.6 Å². The van der Waals surface area contributed by atoms with Crippen LogP contribution in [0.4, 0.5) is 0 Å². The summed E-state index contributed by atoms with van der Waals surface area (Å²) in [5, 5.41) is 3.72. The monoisotopic (exact) mass is 254 g/mol. The van der Waals surface area contributed by atoms with Crippen molar-refractivity contribution in [3.63, 3.8) is 0 Å². The topological polar surface area (TPSA) is 73.8 Å². The molecule has 0 aliphatic heterocycles. The number of halogens is 1. The molecule has 2 rings (SSSR count). The fourth-order valence-electron chi connectivity index (χ4n) is 1.26. The summed E-state index contributed by atoms with van der Waals surface area (Å²) in [6, 6.07) is 0. The molecule has 0 aliphatic rings. The molecule has 17 heavy (non-hydrogen) atoms. The summed E-state index contributed by atoms with van der Waals surface area (Å²) in [5.41, 5.74) is -0.370. The molecule has 0 aliphatic carbocycles. The molecule has 2 aromatic rings. The van der Waals surface area contributed by atoms with Crippen LogP contribution in [0, 0.1) is 0 Å². The molecule has 0 unspecified atom stereocenters. The largest absolute Gasteiger partial charge is 0.339 e. The maximum Gasteiger partial charge on any atom is 0.288 e. The summed E-state index contributed by atoms with van der Waals surface area (Å²) >= 11 is 5.63. The molecule has 0 saturated heterocycles. The van der Waals surface area contributed by atoms with E-state index in [1.165, 1.54) is 17.0 Å². The van der Waals surface area contributed by atoms with Crippen molar-refractivity contribution in [1.82, 2.24) is 19.7 Å². The minimum absolute atomic E-state index is 0.0694. The van der Waals surface area contributed by atoms with Crippen LogP contribution in [0.5, 0.6) is 0 Å². The molecule has 0 radical (unpaired) electrons. The van der Waals surface area contributed by atoms with E-state index in [-0.39, 0.29) is 23.2 Å². The van der Waals surface area contributed by atoms with Gasteiger partial charge in [0.2, 0.25) is 5.89 Å². The Bertz CT molecular complexity index is 576. The average molecular weight is 255 g/mol. The standard InChI is InChI=1S/C10H11ClN4O2/c1-6(2)9-13-7(14-17-9)5-15-4-3-12-8(11)10(15)16/h3-4,6H,5H2,1-2H3. The van der Waals surface area contributed by atoms with E-state index in [4.69, 9.17) is 16.1 Å². The van der Waals surface area contributed by atoms with Gasteiger partial charge in [-0.3, -0.25) is 4.79 Å². The maximum absolute atomic E-state index is 11.6. The molecule has 6 nitrogen and oxygen atoms in total. The predicted octanol–water partition coefficient (Wildman–Crippen LogP) is 1.45. The summed E-state index contributed by atoms with van der Waals surface area (Å²) in [5.74, 6) is 1.15. The van der Waals surface area contributed by atoms with Crippen molar-refractivity contribution in [2.45, 2.75) is 26.3 Å². The van der Waals surface area contributed by atoms with Gasteiger partial charge in [-0.15, -0.1) is 0 Å². The molecular weight excluding hydrogens is 244 g/mol. The van der Waals surface area contributed by atoms with Gasteiger partial charge in [-0.05, 0) is 0 Å². The summed E-state index contributed by atoms with van der Waals surface area (Å²) in [6.45, 7) is 4.12. The highest BCUT2D eigenvalue weighted by molar-refractivity contribution is 6.29. The Morgan fingerprint density at radius 1 is 1.53 bits per heavy atom. The van der Waals surface area contributed by atoms with Crippen molar-refractivity contribution < 1.29 is 4.52 Å². The lowest BCUT2D eigenvalue weighted by Gasteiger charge is -2.00. The van der Waals surface area contributed by atoms with E-state index in [1.54, 1.807) is 0 Å². The van der Waals surface area contributed by atoms with Gasteiger partial charge < -0.3 is 9.09 Å². The Kier molecular flexibility index (Phi) is 3.23. The summed E-state index contributed by atoms with van der Waals surface area (Å²) < 4.78 is 6.42. The highest BCUT2D eigenvalue weighted by Crippen LogP contribution is 2.11. The second-order valence-corrected chi connectivity index (χ2v) is 4.21. The Hall–Kier alpha value is -1.69. The fraction of sp³-hybridized carbons (Fsp3) is 0.400. The lowest BCUT2D eigenvalue weighted by atomic mass is 10.2. The molecule has 90 valence electrons. The van der Waals surface area contributed by atoms with Crippen LogP contribution in [0.2, 0.25) is 5.15 Å². The SMILES string of the molecule is CC(C)c1nc(Cn2ccnc(Cl)c2=O)no1. The van der Waals surface area contributed by atoms with Crippen molar-refractivity contribution in [1.29, 1.82) is 0 Å². The first-order valence-corrected chi connectivity index (χ1v) is 5.49. The normalized spacial score (nSPS) is 11.1. The van der Waals surface area contributed by atoms with Crippen LogP contribution in [0.1, 0.15) is 31.5 Å². The molecular formula is C10H11ClN4O2. The van der Waals surface area contributed by atoms with Crippen molar-refractivity contribution in [3.8, 4) is 0 Å². The fourth-order valence-corrected chi connectivity index (χ4v) is 1.43. The number of rotatable bonds is 3. The van der Waals surface area contributed by atoms with Crippen molar-refractivity contribution in [2.24, 2.45) is 0 Å². The first kappa shape index (κ1) is 11.8. The summed E-state index contributed by atoms with van der Waals surface area (Å²) in [4.78, 5) is 19.5. The molecule has 0 fully saturated rings. The van der Waals surface area contributed by atoms with E-state index >= 15 is 0 Å². The predicted molar refractivity (Wildman–Crippen MR) is 61.0 cm³/mol. The second-order valence-electron chi connectivity index (χ2n) is 3.85. The number of nitrogens with zero attached hydrogens (tertiary/aromatic N) is 4. The minimum atomic E-state index is -0.370. The van der Waals surface area contributed by atoms with Gasteiger partial charge in [-0.1, -0.05) is 30.6 Å². The highest BCUT2D eigenvalue weighted by Gasteiger charge is 2.11. The molecule has 0 spiro atoms. The van der Waals surface area contributed by atoms with E-state index in [0.717, 1.165) is 0 Å². The molecule has 2 heterocycles. The summed E-state index contributed by atoms with van der Waals surface area (Å²) in [6.07, 6.45) is 2.98. The van der Waals surface area contributed by atoms with Gasteiger partial charge in [0.1, 0.15) is 0 Å². The van der Waals surface area contributed by atoms with Crippen molar-refractivity contribution in [2.75, 3.05) is 0 Å². The Balaban J connectivity index is 2.26. The lowest BCUT2D eigenvalue weighted by Crippen LogP contribution is -2.21. The number of aromatic nitrogens is 4. The highest BCUT2D eigenvalue weighted by atomic mass is 35.5.